The lowest BCUT2D eigenvalue weighted by Crippen LogP contribution is -2.60. The Labute approximate surface area is 257 Å². The van der Waals surface area contributed by atoms with Crippen LogP contribution in [0.25, 0.3) is 0 Å². The molecule has 0 aromatic heterocycles. The lowest BCUT2D eigenvalue weighted by Gasteiger charge is -2.55. The molecule has 0 amide bonds. The van der Waals surface area contributed by atoms with Crippen LogP contribution in [0.3, 0.4) is 0 Å². The number of aliphatic hydroxyl groups is 1. The minimum absolute atomic E-state index is 0.00482. The van der Waals surface area contributed by atoms with Gasteiger partial charge in [0.2, 0.25) is 0 Å². The highest BCUT2D eigenvalue weighted by molar-refractivity contribution is 6.90. The van der Waals surface area contributed by atoms with Crippen molar-refractivity contribution >= 4 is 13.9 Å². The predicted octanol–water partition coefficient (Wildman–Crippen LogP) is 9.62. The molecular weight excluding hydrogens is 561 g/mol. The van der Waals surface area contributed by atoms with Crippen molar-refractivity contribution in [3.63, 3.8) is 0 Å². The first kappa shape index (κ1) is 32.3. The molecule has 5 rings (SSSR count). The standard InChI is InChI=1S/C37H49F3O2Si/c1-22(2)43(23(3)4,24(5)6)18-17-37(39,40)36(42)16-15-33-31-12-9-26-20-28(41)11-14-30(26)34(31)32(21-35(33,36)8)29-13-10-27(38)19-25(29)7/h10,13,19-20,22-24,31-33,42H,9,11-12,14-16,21H2,1-8H3/t31?,32-,33?,35+,36+/m1/s1. The molecule has 1 N–H and O–H groups in total. The van der Waals surface area contributed by atoms with Gasteiger partial charge in [-0.25, -0.2) is 4.39 Å². The van der Waals surface area contributed by atoms with Gasteiger partial charge in [-0.3, -0.25) is 4.79 Å². The molecule has 0 spiro atoms. The normalized spacial score (nSPS) is 31.1. The maximum atomic E-state index is 16.7. The maximum Gasteiger partial charge on any atom is 0.336 e. The Morgan fingerprint density at radius 2 is 1.67 bits per heavy atom. The fourth-order valence-electron chi connectivity index (χ4n) is 10.2. The Morgan fingerprint density at radius 3 is 2.28 bits per heavy atom. The van der Waals surface area contributed by atoms with Crippen molar-refractivity contribution in [3.8, 4) is 11.5 Å². The summed E-state index contributed by atoms with van der Waals surface area (Å²) in [6.07, 6.45) is 5.28. The van der Waals surface area contributed by atoms with Crippen LogP contribution in [0.5, 0.6) is 0 Å². The number of allylic oxidation sites excluding steroid dienone is 4. The summed E-state index contributed by atoms with van der Waals surface area (Å²) in [6.45, 7) is 16.4. The fraction of sp³-hybridized carbons (Fsp3) is 0.649. The fourth-order valence-corrected chi connectivity index (χ4v) is 15.5. The number of carbonyl (C=O) groups excluding carboxylic acids is 1. The van der Waals surface area contributed by atoms with Gasteiger partial charge in [-0.2, -0.15) is 8.78 Å². The predicted molar refractivity (Wildman–Crippen MR) is 170 cm³/mol. The Balaban J connectivity index is 1.66. The van der Waals surface area contributed by atoms with Gasteiger partial charge in [0.25, 0.3) is 0 Å². The Kier molecular flexibility index (Phi) is 8.30. The zero-order valence-corrected chi connectivity index (χ0v) is 28.2. The molecule has 2 nitrogen and oxygen atoms in total. The van der Waals surface area contributed by atoms with Crippen molar-refractivity contribution in [2.75, 3.05) is 0 Å². The van der Waals surface area contributed by atoms with Crippen LogP contribution in [0.15, 0.2) is 41.0 Å². The van der Waals surface area contributed by atoms with Crippen molar-refractivity contribution in [2.45, 2.75) is 134 Å². The van der Waals surface area contributed by atoms with Crippen LogP contribution in [0.2, 0.25) is 16.6 Å². The topological polar surface area (TPSA) is 37.3 Å². The highest BCUT2D eigenvalue weighted by Gasteiger charge is 2.71. The lowest BCUT2D eigenvalue weighted by atomic mass is 9.50. The van der Waals surface area contributed by atoms with Crippen LogP contribution >= 0.6 is 0 Å². The quantitative estimate of drug-likeness (QED) is 0.266. The van der Waals surface area contributed by atoms with Gasteiger partial charge in [-0.1, -0.05) is 60.1 Å². The molecule has 5 atom stereocenters. The lowest BCUT2D eigenvalue weighted by molar-refractivity contribution is -0.209. The average molecular weight is 611 g/mol. The van der Waals surface area contributed by atoms with Crippen LogP contribution in [0.4, 0.5) is 13.2 Å². The number of alkyl halides is 2. The second-order valence-corrected chi connectivity index (χ2v) is 20.7. The molecule has 0 heterocycles. The molecule has 0 bridgehead atoms. The second kappa shape index (κ2) is 11.1. The number of benzene rings is 1. The molecular formula is C37H49F3O2Si. The Morgan fingerprint density at radius 1 is 1.02 bits per heavy atom. The summed E-state index contributed by atoms with van der Waals surface area (Å²) in [6, 6.07) is 4.77. The van der Waals surface area contributed by atoms with Gasteiger partial charge in [0.15, 0.2) is 5.78 Å². The minimum atomic E-state index is -3.57. The minimum Gasteiger partial charge on any atom is -0.382 e. The van der Waals surface area contributed by atoms with E-state index in [4.69, 9.17) is 0 Å². The van der Waals surface area contributed by atoms with E-state index in [1.165, 1.54) is 23.3 Å². The largest absolute Gasteiger partial charge is 0.382 e. The Hall–Kier alpha value is -2.10. The average Bonchev–Trinajstić information content (AvgIpc) is 3.19. The summed E-state index contributed by atoms with van der Waals surface area (Å²) >= 11 is 0. The molecule has 0 saturated heterocycles. The first-order valence-electron chi connectivity index (χ1n) is 16.4. The van der Waals surface area contributed by atoms with Gasteiger partial charge < -0.3 is 5.11 Å². The van der Waals surface area contributed by atoms with Gasteiger partial charge in [0.1, 0.15) is 19.5 Å². The van der Waals surface area contributed by atoms with Crippen LogP contribution in [0.1, 0.15) is 110 Å². The van der Waals surface area contributed by atoms with Crippen molar-refractivity contribution in [1.29, 1.82) is 0 Å². The molecule has 2 unspecified atom stereocenters. The zero-order valence-electron chi connectivity index (χ0n) is 27.2. The first-order chi connectivity index (χ1) is 20.0. The summed E-state index contributed by atoms with van der Waals surface area (Å²) < 4.78 is 47.7. The van der Waals surface area contributed by atoms with Crippen LogP contribution in [-0.4, -0.2) is 30.5 Å². The smallest absolute Gasteiger partial charge is 0.336 e. The number of aryl methyl sites for hydroxylation is 1. The number of hydrogen-bond donors (Lipinski definition) is 1. The highest BCUT2D eigenvalue weighted by atomic mass is 28.3. The van der Waals surface area contributed by atoms with Crippen LogP contribution in [0, 0.1) is 41.5 Å². The molecule has 1 aromatic carbocycles. The van der Waals surface area contributed by atoms with E-state index in [9.17, 15) is 14.3 Å². The number of carbonyl (C=O) groups is 1. The molecule has 4 aliphatic carbocycles. The summed E-state index contributed by atoms with van der Waals surface area (Å²) in [5.74, 6) is -1.58. The van der Waals surface area contributed by atoms with Gasteiger partial charge in [-0.05, 0) is 120 Å². The summed E-state index contributed by atoms with van der Waals surface area (Å²) in [4.78, 5) is 12.3. The summed E-state index contributed by atoms with van der Waals surface area (Å²) in [5.41, 5.74) is 5.74. The number of fused-ring (bicyclic) bond motifs is 4. The molecule has 2 fully saturated rings. The Bertz CT molecular complexity index is 1400. The maximum absolute atomic E-state index is 16.7. The first-order valence-corrected chi connectivity index (χ1v) is 18.6. The van der Waals surface area contributed by atoms with E-state index in [1.807, 2.05) is 13.8 Å². The third kappa shape index (κ3) is 4.83. The van der Waals surface area contributed by atoms with Gasteiger partial charge in [-0.15, -0.1) is 5.54 Å². The number of hydrogen-bond acceptors (Lipinski definition) is 2. The van der Waals surface area contributed by atoms with E-state index in [0.29, 0.717) is 25.7 Å². The van der Waals surface area contributed by atoms with Gasteiger partial charge >= 0.3 is 5.92 Å². The number of halogens is 3. The monoisotopic (exact) mass is 610 g/mol. The summed E-state index contributed by atoms with van der Waals surface area (Å²) in [5, 5.41) is 12.4. The van der Waals surface area contributed by atoms with Gasteiger partial charge in [0, 0.05) is 17.8 Å². The SMILES string of the molecule is Cc1cc(F)ccc1[C@H]1C[C@@]2(C)C(CC[C@@]2(O)C(F)(F)C#C[Si](C(C)C)(C(C)C)C(C)C)C2CCC3=CC(=O)CCC3=C21. The highest BCUT2D eigenvalue weighted by Crippen LogP contribution is 2.69. The van der Waals surface area contributed by atoms with E-state index in [0.717, 1.165) is 29.5 Å². The molecule has 43 heavy (non-hydrogen) atoms. The van der Waals surface area contributed by atoms with Crippen molar-refractivity contribution in [3.05, 3.63) is 57.9 Å². The van der Waals surface area contributed by atoms with E-state index < -0.39 is 25.0 Å². The molecule has 6 heteroatoms. The van der Waals surface area contributed by atoms with Crippen molar-refractivity contribution < 1.29 is 23.1 Å². The summed E-state index contributed by atoms with van der Waals surface area (Å²) in [7, 11) is -2.45. The molecule has 0 aliphatic heterocycles. The zero-order chi connectivity index (χ0) is 31.7. The van der Waals surface area contributed by atoms with E-state index in [1.54, 1.807) is 12.1 Å². The van der Waals surface area contributed by atoms with E-state index in [2.05, 4.69) is 53.0 Å². The van der Waals surface area contributed by atoms with E-state index in [-0.39, 0.29) is 52.4 Å². The molecule has 2 saturated carbocycles. The molecule has 0 radical (unpaired) electrons. The second-order valence-electron chi connectivity index (χ2n) is 15.1. The van der Waals surface area contributed by atoms with Crippen LogP contribution in [-0.2, 0) is 4.79 Å². The van der Waals surface area contributed by atoms with Crippen molar-refractivity contribution in [1.82, 2.24) is 0 Å². The number of rotatable bonds is 5. The third-order valence-electron chi connectivity index (χ3n) is 12.3. The molecule has 234 valence electrons. The van der Waals surface area contributed by atoms with Crippen molar-refractivity contribution in [2.24, 2.45) is 17.3 Å². The molecule has 1 aromatic rings. The molecule has 4 aliphatic rings. The van der Waals surface area contributed by atoms with Crippen LogP contribution < -0.4 is 0 Å². The third-order valence-corrected chi connectivity index (χ3v) is 18.6. The van der Waals surface area contributed by atoms with Gasteiger partial charge in [0.05, 0.1) is 0 Å². The number of ketones is 1. The van der Waals surface area contributed by atoms with E-state index >= 15 is 8.78 Å².